The van der Waals surface area contributed by atoms with Crippen molar-refractivity contribution in [1.82, 2.24) is 14.7 Å². The van der Waals surface area contributed by atoms with Crippen LogP contribution in [0.3, 0.4) is 0 Å². The molecular weight excluding hydrogens is 497 g/mol. The van der Waals surface area contributed by atoms with Crippen LogP contribution < -0.4 is 10.6 Å². The third kappa shape index (κ3) is 6.59. The van der Waals surface area contributed by atoms with E-state index < -0.39 is 0 Å². The van der Waals surface area contributed by atoms with Crippen LogP contribution in [0.2, 0.25) is 10.0 Å². The summed E-state index contributed by atoms with van der Waals surface area (Å²) in [5.74, 6) is 0.149. The molecule has 36 heavy (non-hydrogen) atoms. The van der Waals surface area contributed by atoms with E-state index in [1.54, 1.807) is 22.9 Å². The second kappa shape index (κ2) is 11.4. The van der Waals surface area contributed by atoms with Gasteiger partial charge in [-0.25, -0.2) is 9.48 Å². The van der Waals surface area contributed by atoms with Crippen molar-refractivity contribution in [2.24, 2.45) is 0 Å². The topological polar surface area (TPSA) is 79.3 Å². The second-order valence-electron chi connectivity index (χ2n) is 9.82. The normalized spacial score (nSPS) is 11.3. The number of carbonyl (C=O) groups is 2. The molecule has 192 valence electrons. The largest absolute Gasteiger partial charge is 0.322 e. The number of anilines is 2. The summed E-state index contributed by atoms with van der Waals surface area (Å²) >= 11 is 12.3. The van der Waals surface area contributed by atoms with Crippen molar-refractivity contribution in [2.45, 2.75) is 53.4 Å². The van der Waals surface area contributed by atoms with Crippen molar-refractivity contribution in [3.05, 3.63) is 69.3 Å². The van der Waals surface area contributed by atoms with Gasteiger partial charge in [0.05, 0.1) is 21.4 Å². The van der Waals surface area contributed by atoms with Crippen LogP contribution in [0, 0.1) is 13.8 Å². The number of halogens is 2. The molecule has 3 amide bonds. The van der Waals surface area contributed by atoms with E-state index in [1.165, 1.54) is 4.90 Å². The van der Waals surface area contributed by atoms with Gasteiger partial charge in [-0.2, -0.15) is 5.10 Å². The number of nitrogens with zero attached hydrogens (tertiary/aromatic N) is 3. The Morgan fingerprint density at radius 3 is 2.39 bits per heavy atom. The van der Waals surface area contributed by atoms with Crippen LogP contribution in [0.4, 0.5) is 16.3 Å². The Morgan fingerprint density at radius 2 is 1.75 bits per heavy atom. The SMILES string of the molecule is CCCN(CC(=O)Nc1cc(C(C)(C)C)nn1-c1ccc(Cl)c(Cl)c1)C(=O)Nc1cccc(C)c1C. The molecule has 0 saturated carbocycles. The van der Waals surface area contributed by atoms with E-state index in [9.17, 15) is 9.59 Å². The minimum atomic E-state index is -0.332. The van der Waals surface area contributed by atoms with Crippen molar-refractivity contribution in [1.29, 1.82) is 0 Å². The van der Waals surface area contributed by atoms with Crippen molar-refractivity contribution >= 4 is 46.6 Å². The Morgan fingerprint density at radius 1 is 1.03 bits per heavy atom. The third-order valence-corrected chi connectivity index (χ3v) is 6.59. The van der Waals surface area contributed by atoms with Gasteiger partial charge in [0.1, 0.15) is 12.4 Å². The van der Waals surface area contributed by atoms with E-state index >= 15 is 0 Å². The molecule has 2 N–H and O–H groups in total. The molecule has 2 aromatic carbocycles. The maximum Gasteiger partial charge on any atom is 0.322 e. The smallest absolute Gasteiger partial charge is 0.315 e. The van der Waals surface area contributed by atoms with Crippen molar-refractivity contribution in [2.75, 3.05) is 23.7 Å². The molecule has 0 radical (unpaired) electrons. The molecule has 0 unspecified atom stereocenters. The fourth-order valence-corrected chi connectivity index (χ4v) is 3.90. The molecule has 0 spiro atoms. The minimum Gasteiger partial charge on any atom is -0.315 e. The number of carbonyl (C=O) groups excluding carboxylic acids is 2. The highest BCUT2D eigenvalue weighted by atomic mass is 35.5. The fraction of sp³-hybridized carbons (Fsp3) is 0.370. The lowest BCUT2D eigenvalue weighted by atomic mass is 9.92. The summed E-state index contributed by atoms with van der Waals surface area (Å²) in [5, 5.41) is 11.4. The molecule has 0 fully saturated rings. The van der Waals surface area contributed by atoms with Crippen molar-refractivity contribution < 1.29 is 9.59 Å². The number of nitrogens with one attached hydrogen (secondary N) is 2. The van der Waals surface area contributed by atoms with Crippen LogP contribution in [0.5, 0.6) is 0 Å². The lowest BCUT2D eigenvalue weighted by molar-refractivity contribution is -0.116. The molecule has 0 aliphatic rings. The van der Waals surface area contributed by atoms with Crippen LogP contribution in [-0.2, 0) is 10.2 Å². The lowest BCUT2D eigenvalue weighted by Gasteiger charge is -2.23. The van der Waals surface area contributed by atoms with Crippen LogP contribution in [0.25, 0.3) is 5.69 Å². The zero-order chi connectivity index (χ0) is 26.6. The van der Waals surface area contributed by atoms with Crippen LogP contribution in [-0.4, -0.2) is 39.7 Å². The van der Waals surface area contributed by atoms with Crippen LogP contribution >= 0.6 is 23.2 Å². The second-order valence-corrected chi connectivity index (χ2v) is 10.6. The molecule has 1 aromatic heterocycles. The number of aromatic nitrogens is 2. The number of urea groups is 1. The first-order valence-corrected chi connectivity index (χ1v) is 12.6. The quantitative estimate of drug-likeness (QED) is 0.346. The van der Waals surface area contributed by atoms with Crippen LogP contribution in [0.1, 0.15) is 50.9 Å². The summed E-state index contributed by atoms with van der Waals surface area (Å²) in [6.07, 6.45) is 0.711. The monoisotopic (exact) mass is 529 g/mol. The molecule has 3 rings (SSSR count). The standard InChI is InChI=1S/C27H33Cl2N5O2/c1-7-13-33(26(36)30-22-10-8-9-17(2)18(22)3)16-25(35)31-24-15-23(27(4,5)6)32-34(24)19-11-12-20(28)21(29)14-19/h8-12,14-15H,7,13,16H2,1-6H3,(H,30,36)(H,31,35). The van der Waals surface area contributed by atoms with E-state index in [0.717, 1.165) is 22.5 Å². The van der Waals surface area contributed by atoms with E-state index in [-0.39, 0.29) is 23.9 Å². The minimum absolute atomic E-state index is 0.109. The maximum absolute atomic E-state index is 13.1. The predicted octanol–water partition coefficient (Wildman–Crippen LogP) is 6.98. The highest BCUT2D eigenvalue weighted by Crippen LogP contribution is 2.29. The summed E-state index contributed by atoms with van der Waals surface area (Å²) in [4.78, 5) is 27.7. The summed E-state index contributed by atoms with van der Waals surface area (Å²) in [5.41, 5.74) is 4.01. The maximum atomic E-state index is 13.1. The molecule has 3 aromatic rings. The summed E-state index contributed by atoms with van der Waals surface area (Å²) in [6, 6.07) is 12.4. The van der Waals surface area contributed by atoms with Gasteiger partial charge < -0.3 is 15.5 Å². The van der Waals surface area contributed by atoms with Crippen LogP contribution in [0.15, 0.2) is 42.5 Å². The number of amides is 3. The number of rotatable bonds is 7. The Bertz CT molecular complexity index is 1260. The molecular formula is C27H33Cl2N5O2. The highest BCUT2D eigenvalue weighted by Gasteiger charge is 2.23. The zero-order valence-corrected chi connectivity index (χ0v) is 23.1. The summed E-state index contributed by atoms with van der Waals surface area (Å²) in [6.45, 7) is 12.4. The van der Waals surface area contributed by atoms with Gasteiger partial charge in [0.25, 0.3) is 0 Å². The van der Waals surface area contributed by atoms with E-state index in [2.05, 4.69) is 10.6 Å². The number of benzene rings is 2. The Hall–Kier alpha value is -3.03. The molecule has 0 bridgehead atoms. The van der Waals surface area contributed by atoms with Gasteiger partial charge in [-0.05, 0) is 55.7 Å². The van der Waals surface area contributed by atoms with Gasteiger partial charge in [0.2, 0.25) is 5.91 Å². The number of hydrogen-bond acceptors (Lipinski definition) is 3. The average molecular weight is 531 g/mol. The predicted molar refractivity (Wildman–Crippen MR) is 148 cm³/mol. The van der Waals surface area contributed by atoms with Gasteiger partial charge in [-0.3, -0.25) is 4.79 Å². The zero-order valence-electron chi connectivity index (χ0n) is 21.6. The van der Waals surface area contributed by atoms with Crippen molar-refractivity contribution in [3.8, 4) is 5.69 Å². The lowest BCUT2D eigenvalue weighted by Crippen LogP contribution is -2.41. The number of hydrogen-bond donors (Lipinski definition) is 2. The first-order chi connectivity index (χ1) is 16.9. The molecule has 9 heteroatoms. The van der Waals surface area contributed by atoms with Gasteiger partial charge >= 0.3 is 6.03 Å². The molecule has 0 saturated heterocycles. The Kier molecular flexibility index (Phi) is 8.69. The van der Waals surface area contributed by atoms with Gasteiger partial charge in [-0.1, -0.05) is 63.0 Å². The molecule has 7 nitrogen and oxygen atoms in total. The first-order valence-electron chi connectivity index (χ1n) is 11.9. The number of aryl methyl sites for hydroxylation is 1. The molecule has 0 atom stereocenters. The molecule has 0 aliphatic carbocycles. The Balaban J connectivity index is 1.83. The van der Waals surface area contributed by atoms with E-state index in [0.29, 0.717) is 34.5 Å². The van der Waals surface area contributed by atoms with Gasteiger partial charge in [-0.15, -0.1) is 0 Å². The first kappa shape index (κ1) is 27.6. The fourth-order valence-electron chi connectivity index (χ4n) is 3.61. The van der Waals surface area contributed by atoms with Gasteiger partial charge in [0, 0.05) is 23.7 Å². The van der Waals surface area contributed by atoms with Gasteiger partial charge in [0.15, 0.2) is 0 Å². The van der Waals surface area contributed by atoms with E-state index in [1.807, 2.05) is 65.8 Å². The molecule has 1 heterocycles. The summed E-state index contributed by atoms with van der Waals surface area (Å²) < 4.78 is 1.63. The van der Waals surface area contributed by atoms with Crippen molar-refractivity contribution in [3.63, 3.8) is 0 Å². The Labute approximate surface area is 222 Å². The van der Waals surface area contributed by atoms with E-state index in [4.69, 9.17) is 28.3 Å². The molecule has 0 aliphatic heterocycles. The third-order valence-electron chi connectivity index (χ3n) is 5.85. The summed E-state index contributed by atoms with van der Waals surface area (Å²) in [7, 11) is 0. The highest BCUT2D eigenvalue weighted by molar-refractivity contribution is 6.42. The average Bonchev–Trinajstić information content (AvgIpc) is 3.22.